The molecule has 0 radical (unpaired) electrons. The van der Waals surface area contributed by atoms with Crippen molar-refractivity contribution < 1.29 is 58.8 Å². The van der Waals surface area contributed by atoms with Crippen LogP contribution in [0.4, 0.5) is 0 Å². The molecule has 0 spiro atoms. The van der Waals surface area contributed by atoms with Crippen LogP contribution in [0.25, 0.3) is 0 Å². The molecule has 0 bridgehead atoms. The zero-order chi connectivity index (χ0) is 56.6. The molecule has 0 saturated carbocycles. The van der Waals surface area contributed by atoms with Crippen LogP contribution in [0.3, 0.4) is 0 Å². The molecule has 0 aliphatic carbocycles. The third kappa shape index (κ3) is 14.2. The number of nitrogens with zero attached hydrogens (tertiary/aromatic N) is 2. The quantitative estimate of drug-likeness (QED) is 0.0577. The molecule has 0 aromatic heterocycles. The number of ether oxygens (including phenoxy) is 5. The first-order valence-corrected chi connectivity index (χ1v) is 30.9. The van der Waals surface area contributed by atoms with Crippen molar-refractivity contribution in [2.75, 3.05) is 33.9 Å². The Labute approximate surface area is 461 Å². The number of likely N-dealkylation sites (N-methyl/N-ethyl adjacent to an activating group) is 1. The molecule has 3 aliphatic heterocycles. The number of methoxy groups -OCH3 is 1. The molecular weight excluding hydrogens is 996 g/mol. The van der Waals surface area contributed by atoms with Crippen LogP contribution in [0.15, 0.2) is 91.0 Å². The van der Waals surface area contributed by atoms with Crippen LogP contribution in [-0.2, 0) is 33.3 Å². The average molecular weight is 1090 g/mol. The molecule has 3 aromatic carbocycles. The van der Waals surface area contributed by atoms with Crippen molar-refractivity contribution in [3.8, 4) is 0 Å². The second-order valence-electron chi connectivity index (χ2n) is 24.3. The fourth-order valence-corrected chi connectivity index (χ4v) is 18.6. The minimum absolute atomic E-state index is 0.0932. The molecule has 14 nitrogen and oxygen atoms in total. The van der Waals surface area contributed by atoms with Crippen LogP contribution in [0.2, 0.25) is 0 Å². The number of benzene rings is 3. The molecular formula is C62H97N2O12P. The molecule has 432 valence electrons. The Kier molecular flexibility index (Phi) is 22.0. The first kappa shape index (κ1) is 62.8. The molecule has 3 fully saturated rings. The first-order chi connectivity index (χ1) is 36.3. The Bertz CT molecular complexity index is 2200. The third-order valence-corrected chi connectivity index (χ3v) is 23.1. The number of carbonyl (C=O) groups is 2. The summed E-state index contributed by atoms with van der Waals surface area (Å²) in [7, 11) is 2.89. The topological polar surface area (TPSA) is 188 Å². The number of cyclic esters (lactones) is 1. The van der Waals surface area contributed by atoms with Gasteiger partial charge in [0.1, 0.15) is 12.2 Å². The van der Waals surface area contributed by atoms with E-state index in [2.05, 4.69) is 91.0 Å². The summed E-state index contributed by atoms with van der Waals surface area (Å²) in [6.07, 6.45) is -3.38. The summed E-state index contributed by atoms with van der Waals surface area (Å²) in [6, 6.07) is 31.4. The van der Waals surface area contributed by atoms with Gasteiger partial charge < -0.3 is 43.9 Å². The molecule has 3 heterocycles. The molecule has 6 rings (SSSR count). The van der Waals surface area contributed by atoms with Gasteiger partial charge in [0.05, 0.1) is 35.9 Å². The van der Waals surface area contributed by atoms with Gasteiger partial charge >= 0.3 is 253 Å². The van der Waals surface area contributed by atoms with Gasteiger partial charge in [0.2, 0.25) is 0 Å². The molecule has 1 amide bonds. The third-order valence-electron chi connectivity index (χ3n) is 18.1. The number of aliphatic hydroxyl groups is 5. The Hall–Kier alpha value is -3.37. The van der Waals surface area contributed by atoms with Crippen molar-refractivity contribution in [3.05, 3.63) is 91.0 Å². The van der Waals surface area contributed by atoms with E-state index >= 15 is 0 Å². The van der Waals surface area contributed by atoms with Gasteiger partial charge in [0, 0.05) is 25.5 Å². The molecule has 3 saturated heterocycles. The van der Waals surface area contributed by atoms with Gasteiger partial charge in [0.15, 0.2) is 6.29 Å². The van der Waals surface area contributed by atoms with Gasteiger partial charge in [-0.2, -0.15) is 0 Å². The fraction of sp³-hybridized carbons (Fsp3) is 0.677. The van der Waals surface area contributed by atoms with E-state index in [-0.39, 0.29) is 50.3 Å². The molecule has 18 atom stereocenters. The van der Waals surface area contributed by atoms with E-state index in [4.69, 9.17) is 23.7 Å². The minimum atomic E-state index is -2.43. The van der Waals surface area contributed by atoms with Crippen LogP contribution < -0.4 is 15.9 Å². The number of unbranched alkanes of at least 4 members (excludes halogenated alkanes) is 3. The van der Waals surface area contributed by atoms with Crippen LogP contribution in [0.5, 0.6) is 0 Å². The standard InChI is InChI=1S/C62H97N2O12P/c1-14-51-62(10,71)55(67)44(6)64(52(65)34-26-15-16-27-35-77(46-28-20-17-21-29-46,47-30-22-18-23-31-47)48-32-24-19-25-33-48)39-40(2)37-60(8,70)57(76-59-54(66)49(63(11)12)36-41(3)73-59)42(4)53(43(5)58(69)75-51)50-38-61(9,72-13)56(68)45(7)74-50/h17-25,28-33,40-45,49-51,53-57,59,66-68,70-71,77H,14-16,26-27,34-39H2,1-13H3/t40-,41-,42+,43-,44-,45+,49+,50?,51-,53+,54-,55-,56+,57-,59+,60-,61-,62-/m1/s1. The SMILES string of the molecule is CC[C@H]1OC(=O)[C@H](C)[C@@H](C2C[C@@](C)(OC)[C@@H](O)[C@H](C)O2)[C@H](C)[C@@H](O[C@@H]2O[C@H](C)C[C@H](N(C)C)[C@H]2O)[C@](C)(O)C[C@@H](C)CN(C(=O)CCCCCC[PH](c2ccccc2)(c2ccccc2)c2ccccc2)[C@H](C)[C@@H](O)[C@]1(C)O. The predicted molar refractivity (Wildman–Crippen MR) is 306 cm³/mol. The van der Waals surface area contributed by atoms with E-state index < -0.39 is 109 Å². The normalized spacial score (nSPS) is 37.4. The number of aliphatic hydroxyl groups excluding tert-OH is 3. The number of carbonyl (C=O) groups excluding carboxylic acids is 2. The monoisotopic (exact) mass is 1090 g/mol. The fourth-order valence-electron chi connectivity index (χ4n) is 13.7. The molecule has 1 unspecified atom stereocenters. The van der Waals surface area contributed by atoms with Crippen molar-refractivity contribution >= 4 is 35.1 Å². The summed E-state index contributed by atoms with van der Waals surface area (Å²) < 4.78 is 32.2. The number of amides is 1. The number of hydrogen-bond donors (Lipinski definition) is 5. The van der Waals surface area contributed by atoms with E-state index in [0.717, 1.165) is 25.4 Å². The second-order valence-corrected chi connectivity index (χ2v) is 28.3. The molecule has 5 N–H and O–H groups in total. The van der Waals surface area contributed by atoms with Crippen molar-refractivity contribution in [2.24, 2.45) is 23.7 Å². The van der Waals surface area contributed by atoms with Gasteiger partial charge in [-0.15, -0.1) is 0 Å². The van der Waals surface area contributed by atoms with Crippen molar-refractivity contribution in [2.45, 2.75) is 211 Å². The van der Waals surface area contributed by atoms with Crippen LogP contribution >= 0.6 is 7.26 Å². The number of rotatable bonds is 16. The van der Waals surface area contributed by atoms with Crippen molar-refractivity contribution in [1.82, 2.24) is 9.80 Å². The summed E-state index contributed by atoms with van der Waals surface area (Å²) in [5.41, 5.74) is -4.76. The first-order valence-electron chi connectivity index (χ1n) is 28.7. The number of hydrogen-bond acceptors (Lipinski definition) is 13. The van der Waals surface area contributed by atoms with Crippen molar-refractivity contribution in [3.63, 3.8) is 0 Å². The molecule has 3 aliphatic rings. The predicted octanol–water partition coefficient (Wildman–Crippen LogP) is 6.75. The van der Waals surface area contributed by atoms with Gasteiger partial charge in [-0.05, 0) is 60.5 Å². The maximum atomic E-state index is 14.8. The summed E-state index contributed by atoms with van der Waals surface area (Å²) in [6.45, 7) is 17.8. The van der Waals surface area contributed by atoms with E-state index in [1.165, 1.54) is 29.9 Å². The van der Waals surface area contributed by atoms with Gasteiger partial charge in [0.25, 0.3) is 0 Å². The Morgan fingerprint density at radius 3 is 1.84 bits per heavy atom. The number of esters is 1. The molecule has 3 aromatic rings. The Balaban J connectivity index is 1.31. The second kappa shape index (κ2) is 26.9. The summed E-state index contributed by atoms with van der Waals surface area (Å²) in [5.74, 6) is -3.70. The zero-order valence-electron chi connectivity index (χ0n) is 48.6. The van der Waals surface area contributed by atoms with Crippen LogP contribution in [0, 0.1) is 23.7 Å². The zero-order valence-corrected chi connectivity index (χ0v) is 49.6. The Morgan fingerprint density at radius 1 is 0.779 bits per heavy atom. The van der Waals surface area contributed by atoms with Gasteiger partial charge in [-0.25, -0.2) is 0 Å². The van der Waals surface area contributed by atoms with E-state index in [1.807, 2.05) is 39.8 Å². The summed E-state index contributed by atoms with van der Waals surface area (Å²) in [4.78, 5) is 33.2. The molecule has 15 heteroatoms. The Morgan fingerprint density at radius 2 is 1.32 bits per heavy atom. The van der Waals surface area contributed by atoms with E-state index in [1.54, 1.807) is 46.4 Å². The molecule has 77 heavy (non-hydrogen) atoms. The van der Waals surface area contributed by atoms with Gasteiger partial charge in [-0.3, -0.25) is 4.79 Å². The van der Waals surface area contributed by atoms with Crippen LogP contribution in [0.1, 0.15) is 127 Å². The van der Waals surface area contributed by atoms with Crippen LogP contribution in [-0.4, -0.2) is 165 Å². The summed E-state index contributed by atoms with van der Waals surface area (Å²) >= 11 is 0. The maximum absolute atomic E-state index is 14.8. The van der Waals surface area contributed by atoms with Crippen molar-refractivity contribution in [1.29, 1.82) is 0 Å². The van der Waals surface area contributed by atoms with E-state index in [9.17, 15) is 35.1 Å². The van der Waals surface area contributed by atoms with Gasteiger partial charge in [-0.1, -0.05) is 20.8 Å². The summed E-state index contributed by atoms with van der Waals surface area (Å²) in [5, 5.41) is 65.2. The average Bonchev–Trinajstić information content (AvgIpc) is 3.43. The van der Waals surface area contributed by atoms with E-state index in [0.29, 0.717) is 12.8 Å².